The summed E-state index contributed by atoms with van der Waals surface area (Å²) in [6.45, 7) is 6.32. The maximum absolute atomic E-state index is 14.0. The standard InChI is InChI=1S/C33H33ClN2O2S/c1-5-20-6-14-24(15-7-20)36-26-18-33(2,3)19-27(37)29(26)28(21-10-16-25(39-4)17-11-21)30(32(36)35)31(38)22-8-12-23(34)13-9-22/h6-17,28,35,38H,5,18-19H2,1-4H3/b31-30+,35-32?. The van der Waals surface area contributed by atoms with Gasteiger partial charge in [-0.25, -0.2) is 0 Å². The summed E-state index contributed by atoms with van der Waals surface area (Å²) in [5.74, 6) is -0.344. The molecular weight excluding hydrogens is 524 g/mol. The highest BCUT2D eigenvalue weighted by atomic mass is 35.5. The monoisotopic (exact) mass is 556 g/mol. The molecule has 1 aliphatic heterocycles. The smallest absolute Gasteiger partial charge is 0.162 e. The van der Waals surface area contributed by atoms with E-state index in [-0.39, 0.29) is 22.8 Å². The molecular formula is C33H33ClN2O2S. The first-order valence-electron chi connectivity index (χ1n) is 13.2. The average molecular weight is 557 g/mol. The number of benzene rings is 3. The third-order valence-electron chi connectivity index (χ3n) is 7.65. The van der Waals surface area contributed by atoms with Crippen molar-refractivity contribution in [3.05, 3.63) is 111 Å². The molecule has 1 unspecified atom stereocenters. The molecule has 2 aliphatic rings. The number of anilines is 1. The molecule has 0 saturated heterocycles. The van der Waals surface area contributed by atoms with Gasteiger partial charge in [0.2, 0.25) is 0 Å². The summed E-state index contributed by atoms with van der Waals surface area (Å²) in [5, 5.41) is 21.9. The number of halogens is 1. The molecule has 0 aromatic heterocycles. The van der Waals surface area contributed by atoms with Crippen LogP contribution in [-0.4, -0.2) is 23.0 Å². The van der Waals surface area contributed by atoms with Crippen molar-refractivity contribution in [2.75, 3.05) is 11.2 Å². The third-order valence-corrected chi connectivity index (χ3v) is 8.64. The largest absolute Gasteiger partial charge is 0.507 e. The Morgan fingerprint density at radius 2 is 1.67 bits per heavy atom. The van der Waals surface area contributed by atoms with Crippen LogP contribution in [0.1, 0.15) is 56.2 Å². The first-order chi connectivity index (χ1) is 18.6. The molecule has 39 heavy (non-hydrogen) atoms. The molecule has 2 N–H and O–H groups in total. The minimum atomic E-state index is -0.561. The molecule has 6 heteroatoms. The summed E-state index contributed by atoms with van der Waals surface area (Å²) < 4.78 is 0. The summed E-state index contributed by atoms with van der Waals surface area (Å²) >= 11 is 7.80. The Morgan fingerprint density at radius 1 is 1.03 bits per heavy atom. The van der Waals surface area contributed by atoms with E-state index < -0.39 is 5.92 Å². The first kappa shape index (κ1) is 27.3. The zero-order chi connectivity index (χ0) is 27.9. The Hall–Kier alpha value is -3.28. The molecule has 0 amide bonds. The molecule has 0 radical (unpaired) electrons. The van der Waals surface area contributed by atoms with Crippen LogP contribution in [0.25, 0.3) is 5.76 Å². The molecule has 4 nitrogen and oxygen atoms in total. The summed E-state index contributed by atoms with van der Waals surface area (Å²) in [6, 6.07) is 23.2. The number of carbonyl (C=O) groups excluding carboxylic acids is 1. The molecule has 3 aromatic carbocycles. The Morgan fingerprint density at radius 3 is 2.26 bits per heavy atom. The number of aliphatic hydroxyl groups excluding tert-OH is 1. The minimum Gasteiger partial charge on any atom is -0.507 e. The molecule has 5 rings (SSSR count). The average Bonchev–Trinajstić information content (AvgIpc) is 2.92. The van der Waals surface area contributed by atoms with Crippen LogP contribution in [0.3, 0.4) is 0 Å². The number of hydrogen-bond donors (Lipinski definition) is 2. The van der Waals surface area contributed by atoms with Gasteiger partial charge in [0.25, 0.3) is 0 Å². The minimum absolute atomic E-state index is 0.0185. The van der Waals surface area contributed by atoms with Gasteiger partial charge in [-0.3, -0.25) is 15.1 Å². The highest BCUT2D eigenvalue weighted by Gasteiger charge is 2.46. The fraction of sp³-hybridized carbons (Fsp3) is 0.273. The van der Waals surface area contributed by atoms with Crippen molar-refractivity contribution >= 4 is 46.4 Å². The van der Waals surface area contributed by atoms with E-state index in [4.69, 9.17) is 11.6 Å². The number of hydrogen-bond acceptors (Lipinski definition) is 4. The van der Waals surface area contributed by atoms with Crippen LogP contribution in [0.5, 0.6) is 0 Å². The van der Waals surface area contributed by atoms with Gasteiger partial charge in [0.15, 0.2) is 5.78 Å². The number of carbonyl (C=O) groups is 1. The zero-order valence-electron chi connectivity index (χ0n) is 22.7. The Balaban J connectivity index is 1.82. The number of thioether (sulfide) groups is 1. The molecule has 0 saturated carbocycles. The summed E-state index contributed by atoms with van der Waals surface area (Å²) in [4.78, 5) is 17.0. The molecule has 0 fully saturated rings. The third kappa shape index (κ3) is 5.18. The van der Waals surface area contributed by atoms with E-state index >= 15 is 0 Å². The van der Waals surface area contributed by atoms with Gasteiger partial charge in [-0.1, -0.05) is 56.6 Å². The molecule has 200 valence electrons. The maximum atomic E-state index is 14.0. The number of aliphatic hydroxyl groups is 1. The topological polar surface area (TPSA) is 64.4 Å². The number of allylic oxidation sites excluding steroid dienone is 2. The predicted molar refractivity (Wildman–Crippen MR) is 163 cm³/mol. The van der Waals surface area contributed by atoms with Crippen molar-refractivity contribution in [1.82, 2.24) is 0 Å². The Kier molecular flexibility index (Phi) is 7.49. The lowest BCUT2D eigenvalue weighted by Gasteiger charge is -2.45. The van der Waals surface area contributed by atoms with Crippen molar-refractivity contribution in [2.24, 2.45) is 5.41 Å². The molecule has 1 heterocycles. The number of amidine groups is 1. The van der Waals surface area contributed by atoms with Crippen LogP contribution in [0.4, 0.5) is 5.69 Å². The number of aryl methyl sites for hydroxylation is 1. The maximum Gasteiger partial charge on any atom is 0.162 e. The van der Waals surface area contributed by atoms with E-state index in [0.29, 0.717) is 34.6 Å². The van der Waals surface area contributed by atoms with E-state index in [1.807, 2.05) is 47.6 Å². The van der Waals surface area contributed by atoms with E-state index in [2.05, 4.69) is 32.9 Å². The van der Waals surface area contributed by atoms with Crippen molar-refractivity contribution in [3.8, 4) is 0 Å². The lowest BCUT2D eigenvalue weighted by Crippen LogP contribution is -2.45. The van der Waals surface area contributed by atoms with Gasteiger partial charge >= 0.3 is 0 Å². The highest BCUT2D eigenvalue weighted by molar-refractivity contribution is 7.98. The number of rotatable bonds is 5. The Labute approximate surface area is 239 Å². The molecule has 0 spiro atoms. The molecule has 3 aromatic rings. The first-order valence-corrected chi connectivity index (χ1v) is 14.8. The van der Waals surface area contributed by atoms with Crippen molar-refractivity contribution < 1.29 is 9.90 Å². The van der Waals surface area contributed by atoms with Gasteiger partial charge in [0, 0.05) is 50.4 Å². The van der Waals surface area contributed by atoms with Crippen molar-refractivity contribution in [3.63, 3.8) is 0 Å². The van der Waals surface area contributed by atoms with Crippen LogP contribution in [0.2, 0.25) is 5.02 Å². The molecule has 1 aliphatic carbocycles. The van der Waals surface area contributed by atoms with Gasteiger partial charge in [-0.15, -0.1) is 11.8 Å². The number of nitrogens with one attached hydrogen (secondary N) is 1. The Bertz CT molecular complexity index is 1490. The van der Waals surface area contributed by atoms with Gasteiger partial charge < -0.3 is 5.11 Å². The summed E-state index contributed by atoms with van der Waals surface area (Å²) in [5.41, 5.74) is 5.13. The van der Waals surface area contributed by atoms with Gasteiger partial charge in [0.1, 0.15) is 11.6 Å². The van der Waals surface area contributed by atoms with E-state index in [0.717, 1.165) is 28.3 Å². The van der Waals surface area contributed by atoms with Crippen molar-refractivity contribution in [1.29, 1.82) is 5.41 Å². The summed E-state index contributed by atoms with van der Waals surface area (Å²) in [6.07, 6.45) is 4.00. The van der Waals surface area contributed by atoms with Crippen LogP contribution >= 0.6 is 23.4 Å². The second-order valence-electron chi connectivity index (χ2n) is 11.0. The SMILES string of the molecule is CCc1ccc(N2C(=N)/C(=C(/O)c3ccc(Cl)cc3)C(c3ccc(SC)cc3)C3=C2CC(C)(C)CC3=O)cc1. The second kappa shape index (κ2) is 10.7. The van der Waals surface area contributed by atoms with Gasteiger partial charge in [0.05, 0.1) is 0 Å². The number of ketones is 1. The van der Waals surface area contributed by atoms with Crippen LogP contribution in [0.15, 0.2) is 94.5 Å². The van der Waals surface area contributed by atoms with Crippen LogP contribution in [0, 0.1) is 10.8 Å². The van der Waals surface area contributed by atoms with Crippen molar-refractivity contribution in [2.45, 2.75) is 50.8 Å². The lowest BCUT2D eigenvalue weighted by molar-refractivity contribution is -0.118. The van der Waals surface area contributed by atoms with E-state index in [9.17, 15) is 15.3 Å². The normalized spacial score (nSPS) is 20.2. The molecule has 1 atom stereocenters. The summed E-state index contributed by atoms with van der Waals surface area (Å²) in [7, 11) is 0. The molecule has 0 bridgehead atoms. The van der Waals surface area contributed by atoms with Crippen LogP contribution < -0.4 is 4.90 Å². The second-order valence-corrected chi connectivity index (χ2v) is 12.3. The predicted octanol–water partition coefficient (Wildman–Crippen LogP) is 8.82. The van der Waals surface area contributed by atoms with E-state index in [1.54, 1.807) is 36.0 Å². The quantitative estimate of drug-likeness (QED) is 0.243. The lowest BCUT2D eigenvalue weighted by atomic mass is 9.67. The van der Waals surface area contributed by atoms with Gasteiger partial charge in [-0.2, -0.15) is 0 Å². The zero-order valence-corrected chi connectivity index (χ0v) is 24.3. The fourth-order valence-electron chi connectivity index (χ4n) is 5.67. The number of nitrogens with zero attached hydrogens (tertiary/aromatic N) is 1. The van der Waals surface area contributed by atoms with Crippen LogP contribution in [-0.2, 0) is 11.2 Å². The van der Waals surface area contributed by atoms with E-state index in [1.165, 1.54) is 5.56 Å². The fourth-order valence-corrected chi connectivity index (χ4v) is 6.21. The highest BCUT2D eigenvalue weighted by Crippen LogP contribution is 2.51. The van der Waals surface area contributed by atoms with Gasteiger partial charge in [-0.05, 0) is 84.2 Å². The number of Topliss-reactive ketones (excluding diaryl/α,β-unsaturated/α-hetero) is 1.